The highest BCUT2D eigenvalue weighted by Crippen LogP contribution is 2.22. The number of aromatic hydroxyl groups is 1. The van der Waals surface area contributed by atoms with E-state index >= 15 is 0 Å². The molecule has 104 valence electrons. The first-order valence-corrected chi connectivity index (χ1v) is 6.13. The van der Waals surface area contributed by atoms with Gasteiger partial charge in [0.15, 0.2) is 0 Å². The summed E-state index contributed by atoms with van der Waals surface area (Å²) in [6, 6.07) is 10.5. The number of carbonyl (C=O) groups is 1. The summed E-state index contributed by atoms with van der Waals surface area (Å²) in [4.78, 5) is 12.0. The summed E-state index contributed by atoms with van der Waals surface area (Å²) in [5.74, 6) is -1.88. The molecule has 5 heteroatoms. The van der Waals surface area contributed by atoms with E-state index in [2.05, 4.69) is 5.32 Å². The van der Waals surface area contributed by atoms with Gasteiger partial charge in [-0.05, 0) is 36.8 Å². The van der Waals surface area contributed by atoms with Crippen LogP contribution < -0.4 is 11.1 Å². The van der Waals surface area contributed by atoms with Crippen molar-refractivity contribution in [3.05, 3.63) is 59.4 Å². The zero-order valence-electron chi connectivity index (χ0n) is 10.9. The second-order valence-electron chi connectivity index (χ2n) is 4.50. The fourth-order valence-corrected chi connectivity index (χ4v) is 1.83. The number of benzene rings is 2. The van der Waals surface area contributed by atoms with Gasteiger partial charge in [-0.1, -0.05) is 18.2 Å². The predicted molar refractivity (Wildman–Crippen MR) is 75.1 cm³/mol. The van der Waals surface area contributed by atoms with Gasteiger partial charge in [0.05, 0.1) is 0 Å². The molecule has 0 aromatic heterocycles. The zero-order chi connectivity index (χ0) is 14.7. The fourth-order valence-electron chi connectivity index (χ4n) is 1.83. The molecule has 0 heterocycles. The van der Waals surface area contributed by atoms with E-state index in [-0.39, 0.29) is 11.6 Å². The SMILES string of the molecule is CC(N)c1cccc(NC(=O)c2c(O)cccc2F)c1. The quantitative estimate of drug-likeness (QED) is 0.805. The highest BCUT2D eigenvalue weighted by atomic mass is 19.1. The van der Waals surface area contributed by atoms with Gasteiger partial charge in [0.1, 0.15) is 17.1 Å². The fraction of sp³-hybridized carbons (Fsp3) is 0.133. The van der Waals surface area contributed by atoms with Crippen molar-refractivity contribution in [1.82, 2.24) is 0 Å². The summed E-state index contributed by atoms with van der Waals surface area (Å²) in [5.41, 5.74) is 6.72. The van der Waals surface area contributed by atoms with Crippen molar-refractivity contribution in [2.75, 3.05) is 5.32 Å². The molecule has 0 spiro atoms. The van der Waals surface area contributed by atoms with Gasteiger partial charge in [-0.3, -0.25) is 4.79 Å². The Bertz CT molecular complexity index is 621. The molecule has 0 saturated heterocycles. The Morgan fingerprint density at radius 3 is 2.65 bits per heavy atom. The van der Waals surface area contributed by atoms with Gasteiger partial charge in [-0.25, -0.2) is 4.39 Å². The number of anilines is 1. The van der Waals surface area contributed by atoms with Crippen LogP contribution in [0, 0.1) is 5.82 Å². The van der Waals surface area contributed by atoms with Crippen molar-refractivity contribution in [1.29, 1.82) is 0 Å². The Labute approximate surface area is 116 Å². The van der Waals surface area contributed by atoms with Gasteiger partial charge in [0, 0.05) is 11.7 Å². The van der Waals surface area contributed by atoms with Crippen LogP contribution in [0.15, 0.2) is 42.5 Å². The van der Waals surface area contributed by atoms with Crippen LogP contribution in [0.1, 0.15) is 28.9 Å². The number of amides is 1. The number of carbonyl (C=O) groups excluding carboxylic acids is 1. The molecule has 0 bridgehead atoms. The highest BCUT2D eigenvalue weighted by molar-refractivity contribution is 6.06. The maximum absolute atomic E-state index is 13.6. The van der Waals surface area contributed by atoms with Gasteiger partial charge in [0.2, 0.25) is 0 Å². The van der Waals surface area contributed by atoms with E-state index in [1.807, 2.05) is 13.0 Å². The molecule has 0 saturated carbocycles. The maximum atomic E-state index is 13.6. The number of hydrogen-bond donors (Lipinski definition) is 3. The van der Waals surface area contributed by atoms with Crippen LogP contribution in [0.5, 0.6) is 5.75 Å². The van der Waals surface area contributed by atoms with Gasteiger partial charge in [0.25, 0.3) is 5.91 Å². The number of phenolic OH excluding ortho intramolecular Hbond substituents is 1. The molecule has 20 heavy (non-hydrogen) atoms. The van der Waals surface area contributed by atoms with E-state index < -0.39 is 17.5 Å². The third kappa shape index (κ3) is 2.95. The van der Waals surface area contributed by atoms with E-state index in [0.717, 1.165) is 11.6 Å². The number of hydrogen-bond acceptors (Lipinski definition) is 3. The summed E-state index contributed by atoms with van der Waals surface area (Å²) < 4.78 is 13.6. The molecule has 2 aromatic carbocycles. The Balaban J connectivity index is 2.26. The van der Waals surface area contributed by atoms with Gasteiger partial charge in [-0.2, -0.15) is 0 Å². The van der Waals surface area contributed by atoms with E-state index in [9.17, 15) is 14.3 Å². The lowest BCUT2D eigenvalue weighted by atomic mass is 10.1. The normalized spacial score (nSPS) is 11.9. The van der Waals surface area contributed by atoms with Crippen molar-refractivity contribution in [3.8, 4) is 5.75 Å². The molecule has 4 nitrogen and oxygen atoms in total. The smallest absolute Gasteiger partial charge is 0.262 e. The monoisotopic (exact) mass is 274 g/mol. The van der Waals surface area contributed by atoms with Crippen molar-refractivity contribution >= 4 is 11.6 Å². The van der Waals surface area contributed by atoms with E-state index in [4.69, 9.17) is 5.73 Å². The topological polar surface area (TPSA) is 75.3 Å². The van der Waals surface area contributed by atoms with Crippen LogP contribution >= 0.6 is 0 Å². The molecular formula is C15H15FN2O2. The van der Waals surface area contributed by atoms with Crippen LogP contribution in [0.4, 0.5) is 10.1 Å². The Morgan fingerprint density at radius 1 is 1.30 bits per heavy atom. The molecule has 2 aromatic rings. The number of phenols is 1. The standard InChI is InChI=1S/C15H15FN2O2/c1-9(17)10-4-2-5-11(8-10)18-15(20)14-12(16)6-3-7-13(14)19/h2-9,19H,17H2,1H3,(H,18,20). The van der Waals surface area contributed by atoms with Gasteiger partial charge >= 0.3 is 0 Å². The van der Waals surface area contributed by atoms with Crippen LogP contribution in [-0.2, 0) is 0 Å². The molecule has 0 aliphatic rings. The minimum absolute atomic E-state index is 0.172. The highest BCUT2D eigenvalue weighted by Gasteiger charge is 2.16. The van der Waals surface area contributed by atoms with E-state index in [0.29, 0.717) is 5.69 Å². The molecule has 4 N–H and O–H groups in total. The molecule has 1 unspecified atom stereocenters. The summed E-state index contributed by atoms with van der Waals surface area (Å²) in [6.07, 6.45) is 0. The van der Waals surface area contributed by atoms with Crippen molar-refractivity contribution in [2.45, 2.75) is 13.0 Å². The minimum atomic E-state index is -0.772. The Morgan fingerprint density at radius 2 is 2.00 bits per heavy atom. The summed E-state index contributed by atoms with van der Waals surface area (Å²) in [5, 5.41) is 12.1. The zero-order valence-corrected chi connectivity index (χ0v) is 10.9. The summed E-state index contributed by atoms with van der Waals surface area (Å²) in [7, 11) is 0. The van der Waals surface area contributed by atoms with Crippen LogP contribution in [0.2, 0.25) is 0 Å². The number of rotatable bonds is 3. The first kappa shape index (κ1) is 14.0. The lowest BCUT2D eigenvalue weighted by molar-refractivity contribution is 0.102. The third-order valence-electron chi connectivity index (χ3n) is 2.89. The summed E-state index contributed by atoms with van der Waals surface area (Å²) >= 11 is 0. The molecule has 2 rings (SSSR count). The third-order valence-corrected chi connectivity index (χ3v) is 2.89. The molecule has 0 radical (unpaired) electrons. The molecular weight excluding hydrogens is 259 g/mol. The largest absolute Gasteiger partial charge is 0.507 e. The summed E-state index contributed by atoms with van der Waals surface area (Å²) in [6.45, 7) is 1.82. The second-order valence-corrected chi connectivity index (χ2v) is 4.50. The van der Waals surface area contributed by atoms with Gasteiger partial charge in [-0.15, -0.1) is 0 Å². The lowest BCUT2D eigenvalue weighted by Gasteiger charge is -2.10. The molecule has 0 fully saturated rings. The van der Waals surface area contributed by atoms with Crippen molar-refractivity contribution in [3.63, 3.8) is 0 Å². The van der Waals surface area contributed by atoms with Crippen molar-refractivity contribution < 1.29 is 14.3 Å². The maximum Gasteiger partial charge on any atom is 0.262 e. The molecule has 1 amide bonds. The number of halogens is 1. The van der Waals surface area contributed by atoms with Crippen LogP contribution in [0.3, 0.4) is 0 Å². The Kier molecular flexibility index (Phi) is 4.00. The van der Waals surface area contributed by atoms with E-state index in [1.165, 1.54) is 12.1 Å². The molecule has 1 atom stereocenters. The molecule has 0 aliphatic carbocycles. The predicted octanol–water partition coefficient (Wildman–Crippen LogP) is 2.80. The number of nitrogens with two attached hydrogens (primary N) is 1. The first-order valence-electron chi connectivity index (χ1n) is 6.13. The van der Waals surface area contributed by atoms with Gasteiger partial charge < -0.3 is 16.2 Å². The lowest BCUT2D eigenvalue weighted by Crippen LogP contribution is -2.14. The number of nitrogens with one attached hydrogen (secondary N) is 1. The second kappa shape index (κ2) is 5.71. The van der Waals surface area contributed by atoms with Crippen LogP contribution in [0.25, 0.3) is 0 Å². The Hall–Kier alpha value is -2.40. The van der Waals surface area contributed by atoms with E-state index in [1.54, 1.807) is 18.2 Å². The van der Waals surface area contributed by atoms with Crippen molar-refractivity contribution in [2.24, 2.45) is 5.73 Å². The first-order chi connectivity index (χ1) is 9.49. The van der Waals surface area contributed by atoms with Crippen LogP contribution in [-0.4, -0.2) is 11.0 Å². The molecule has 0 aliphatic heterocycles. The minimum Gasteiger partial charge on any atom is -0.507 e. The average molecular weight is 274 g/mol. The average Bonchev–Trinajstić information content (AvgIpc) is 2.38.